The molecule has 1 aliphatic carbocycles. The average molecular weight is 377 g/mol. The minimum absolute atomic E-state index is 0.0448. The fourth-order valence-electron chi connectivity index (χ4n) is 3.26. The summed E-state index contributed by atoms with van der Waals surface area (Å²) in [7, 11) is 0. The van der Waals surface area contributed by atoms with Gasteiger partial charge in [-0.1, -0.05) is 18.2 Å². The van der Waals surface area contributed by atoms with Crippen LogP contribution in [0.15, 0.2) is 42.5 Å². The number of ether oxygens (including phenoxy) is 2. The van der Waals surface area contributed by atoms with Gasteiger partial charge in [-0.3, -0.25) is 4.79 Å². The van der Waals surface area contributed by atoms with Crippen LogP contribution in [0, 0.1) is 0 Å². The van der Waals surface area contributed by atoms with E-state index in [9.17, 15) is 4.79 Å². The van der Waals surface area contributed by atoms with E-state index in [1.54, 1.807) is 0 Å². The summed E-state index contributed by atoms with van der Waals surface area (Å²) in [6.45, 7) is 0.250. The summed E-state index contributed by atoms with van der Waals surface area (Å²) in [5, 5.41) is 15.0. The summed E-state index contributed by atoms with van der Waals surface area (Å²) in [5.41, 5.74) is 2.67. The summed E-state index contributed by atoms with van der Waals surface area (Å²) in [6, 6.07) is 13.8. The Bertz CT molecular complexity index is 1030. The number of nitrogens with zero attached hydrogens (tertiary/aromatic N) is 4. The SMILES string of the molecule is O=C(CCc1ccc2c(c1)OCO2)Nc1cccc(-c2nnnn2C2CC2)c1. The summed E-state index contributed by atoms with van der Waals surface area (Å²) < 4.78 is 12.6. The largest absolute Gasteiger partial charge is 0.454 e. The molecule has 1 aromatic heterocycles. The number of aromatic nitrogens is 4. The van der Waals surface area contributed by atoms with E-state index in [0.717, 1.165) is 47.0 Å². The first-order valence-electron chi connectivity index (χ1n) is 9.33. The first-order valence-corrected chi connectivity index (χ1v) is 9.33. The molecule has 1 fully saturated rings. The predicted octanol–water partition coefficient (Wildman–Crippen LogP) is 2.98. The Morgan fingerprint density at radius 2 is 2.04 bits per heavy atom. The van der Waals surface area contributed by atoms with E-state index in [4.69, 9.17) is 9.47 Å². The summed E-state index contributed by atoms with van der Waals surface area (Å²) in [5.74, 6) is 2.17. The molecule has 1 saturated carbocycles. The lowest BCUT2D eigenvalue weighted by atomic mass is 10.1. The van der Waals surface area contributed by atoms with Crippen LogP contribution in [-0.2, 0) is 11.2 Å². The minimum atomic E-state index is -0.0448. The van der Waals surface area contributed by atoms with Gasteiger partial charge in [0.1, 0.15) is 0 Å². The zero-order chi connectivity index (χ0) is 18.9. The monoisotopic (exact) mass is 377 g/mol. The van der Waals surface area contributed by atoms with Crippen LogP contribution in [0.25, 0.3) is 11.4 Å². The van der Waals surface area contributed by atoms with Crippen molar-refractivity contribution in [1.82, 2.24) is 20.2 Å². The summed E-state index contributed by atoms with van der Waals surface area (Å²) in [4.78, 5) is 12.4. The van der Waals surface area contributed by atoms with Crippen LogP contribution in [0.5, 0.6) is 11.5 Å². The number of hydrogen-bond donors (Lipinski definition) is 1. The van der Waals surface area contributed by atoms with Crippen LogP contribution >= 0.6 is 0 Å². The number of aryl methyl sites for hydroxylation is 1. The summed E-state index contributed by atoms with van der Waals surface area (Å²) >= 11 is 0. The van der Waals surface area contributed by atoms with Crippen LogP contribution in [0.4, 0.5) is 5.69 Å². The van der Waals surface area contributed by atoms with Gasteiger partial charge in [-0.05, 0) is 59.5 Å². The van der Waals surface area contributed by atoms with E-state index in [1.807, 2.05) is 47.1 Å². The van der Waals surface area contributed by atoms with Gasteiger partial charge in [-0.25, -0.2) is 4.68 Å². The molecule has 0 bridgehead atoms. The predicted molar refractivity (Wildman–Crippen MR) is 101 cm³/mol. The lowest BCUT2D eigenvalue weighted by Crippen LogP contribution is -2.12. The van der Waals surface area contributed by atoms with E-state index in [-0.39, 0.29) is 12.7 Å². The van der Waals surface area contributed by atoms with Gasteiger partial charge in [-0.15, -0.1) is 5.10 Å². The van der Waals surface area contributed by atoms with E-state index < -0.39 is 0 Å². The topological polar surface area (TPSA) is 91.2 Å². The molecule has 2 aromatic carbocycles. The smallest absolute Gasteiger partial charge is 0.231 e. The molecule has 0 unspecified atom stereocenters. The number of nitrogens with one attached hydrogen (secondary N) is 1. The molecule has 142 valence electrons. The maximum absolute atomic E-state index is 12.4. The maximum Gasteiger partial charge on any atom is 0.231 e. The van der Waals surface area contributed by atoms with Gasteiger partial charge < -0.3 is 14.8 Å². The van der Waals surface area contributed by atoms with Gasteiger partial charge in [0.15, 0.2) is 17.3 Å². The number of benzene rings is 2. The number of carbonyl (C=O) groups is 1. The van der Waals surface area contributed by atoms with Crippen molar-refractivity contribution in [1.29, 1.82) is 0 Å². The van der Waals surface area contributed by atoms with E-state index in [2.05, 4.69) is 20.8 Å². The third-order valence-electron chi connectivity index (χ3n) is 4.87. The molecule has 2 heterocycles. The van der Waals surface area contributed by atoms with Gasteiger partial charge in [0, 0.05) is 17.7 Å². The highest BCUT2D eigenvalue weighted by molar-refractivity contribution is 5.91. The van der Waals surface area contributed by atoms with Crippen LogP contribution in [0.2, 0.25) is 0 Å². The highest BCUT2D eigenvalue weighted by Gasteiger charge is 2.28. The molecule has 8 nitrogen and oxygen atoms in total. The zero-order valence-electron chi connectivity index (χ0n) is 15.2. The van der Waals surface area contributed by atoms with Crippen molar-refractivity contribution in [3.05, 3.63) is 48.0 Å². The van der Waals surface area contributed by atoms with Gasteiger partial charge in [-0.2, -0.15) is 0 Å². The molecule has 0 atom stereocenters. The van der Waals surface area contributed by atoms with Crippen molar-refractivity contribution in [2.24, 2.45) is 0 Å². The number of amides is 1. The molecule has 5 rings (SSSR count). The van der Waals surface area contributed by atoms with Crippen molar-refractivity contribution in [2.45, 2.75) is 31.7 Å². The van der Waals surface area contributed by atoms with Crippen molar-refractivity contribution < 1.29 is 14.3 Å². The van der Waals surface area contributed by atoms with E-state index in [1.165, 1.54) is 0 Å². The van der Waals surface area contributed by atoms with Gasteiger partial charge in [0.25, 0.3) is 0 Å². The van der Waals surface area contributed by atoms with Crippen LogP contribution in [0.3, 0.4) is 0 Å². The zero-order valence-corrected chi connectivity index (χ0v) is 15.2. The fourth-order valence-corrected chi connectivity index (χ4v) is 3.26. The molecule has 2 aliphatic rings. The highest BCUT2D eigenvalue weighted by Crippen LogP contribution is 2.37. The molecule has 1 N–H and O–H groups in total. The number of rotatable bonds is 6. The summed E-state index contributed by atoms with van der Waals surface area (Å²) in [6.07, 6.45) is 3.22. The van der Waals surface area contributed by atoms with Crippen LogP contribution in [-0.4, -0.2) is 32.9 Å². The van der Waals surface area contributed by atoms with Crippen molar-refractivity contribution >= 4 is 11.6 Å². The molecular weight excluding hydrogens is 358 g/mol. The quantitative estimate of drug-likeness (QED) is 0.710. The van der Waals surface area contributed by atoms with Crippen molar-refractivity contribution in [3.63, 3.8) is 0 Å². The number of carbonyl (C=O) groups excluding carboxylic acids is 1. The van der Waals surface area contributed by atoms with Crippen LogP contribution < -0.4 is 14.8 Å². The van der Waals surface area contributed by atoms with Gasteiger partial charge in [0.05, 0.1) is 6.04 Å². The first-order chi connectivity index (χ1) is 13.8. The number of hydrogen-bond acceptors (Lipinski definition) is 6. The van der Waals surface area contributed by atoms with Gasteiger partial charge in [0.2, 0.25) is 12.7 Å². The lowest BCUT2D eigenvalue weighted by molar-refractivity contribution is -0.116. The molecule has 3 aromatic rings. The Labute approximate surface area is 161 Å². The van der Waals surface area contributed by atoms with E-state index in [0.29, 0.717) is 18.9 Å². The van der Waals surface area contributed by atoms with Crippen molar-refractivity contribution in [3.8, 4) is 22.9 Å². The number of anilines is 1. The lowest BCUT2D eigenvalue weighted by Gasteiger charge is -2.08. The molecule has 1 amide bonds. The maximum atomic E-state index is 12.4. The third-order valence-corrected chi connectivity index (χ3v) is 4.87. The Kier molecular flexibility index (Phi) is 4.16. The fraction of sp³-hybridized carbons (Fsp3) is 0.300. The molecular formula is C20H19N5O3. The molecule has 0 saturated heterocycles. The van der Waals surface area contributed by atoms with Gasteiger partial charge >= 0.3 is 0 Å². The standard InChI is InChI=1S/C20H19N5O3/c26-19(9-5-13-4-8-17-18(10-13)28-12-27-17)21-15-3-1-2-14(11-15)20-22-23-24-25(20)16-6-7-16/h1-4,8,10-11,16H,5-7,9,12H2,(H,21,26). The third kappa shape index (κ3) is 3.40. The second kappa shape index (κ2) is 6.95. The minimum Gasteiger partial charge on any atom is -0.454 e. The Balaban J connectivity index is 1.23. The molecule has 0 radical (unpaired) electrons. The normalized spacial score (nSPS) is 14.9. The molecule has 1 aliphatic heterocycles. The average Bonchev–Trinajstić information content (AvgIpc) is 3.25. The highest BCUT2D eigenvalue weighted by atomic mass is 16.7. The van der Waals surface area contributed by atoms with Crippen LogP contribution in [0.1, 0.15) is 30.9 Å². The first kappa shape index (κ1) is 16.7. The Morgan fingerprint density at radius 3 is 2.93 bits per heavy atom. The molecule has 8 heteroatoms. The second-order valence-electron chi connectivity index (χ2n) is 6.99. The Morgan fingerprint density at radius 1 is 1.14 bits per heavy atom. The number of tetrazole rings is 1. The van der Waals surface area contributed by atoms with Crippen molar-refractivity contribution in [2.75, 3.05) is 12.1 Å². The number of fused-ring (bicyclic) bond motifs is 1. The second-order valence-corrected chi connectivity index (χ2v) is 6.99. The Hall–Kier alpha value is -3.42. The molecule has 0 spiro atoms. The van der Waals surface area contributed by atoms with E-state index >= 15 is 0 Å². The molecule has 28 heavy (non-hydrogen) atoms.